The van der Waals surface area contributed by atoms with Gasteiger partial charge < -0.3 is 5.32 Å². The molecular formula is C18H13ClF3N3OS. The fourth-order valence-electron chi connectivity index (χ4n) is 2.32. The number of para-hydroxylation sites is 1. The van der Waals surface area contributed by atoms with Crippen LogP contribution >= 0.6 is 23.4 Å². The molecule has 3 aromatic rings. The Labute approximate surface area is 162 Å². The predicted molar refractivity (Wildman–Crippen MR) is 98.2 cm³/mol. The van der Waals surface area contributed by atoms with Crippen LogP contribution in [0.15, 0.2) is 64.4 Å². The number of benzene rings is 2. The minimum absolute atomic E-state index is 0.309. The minimum Gasteiger partial charge on any atom is -0.320 e. The molecule has 0 saturated carbocycles. The monoisotopic (exact) mass is 411 g/mol. The number of alkyl halides is 3. The van der Waals surface area contributed by atoms with Crippen LogP contribution in [0.3, 0.4) is 0 Å². The smallest absolute Gasteiger partial charge is 0.320 e. The average molecular weight is 412 g/mol. The lowest BCUT2D eigenvalue weighted by Crippen LogP contribution is -2.13. The van der Waals surface area contributed by atoms with Crippen molar-refractivity contribution in [3.8, 4) is 0 Å². The molecule has 0 aliphatic rings. The molecule has 1 N–H and O–H groups in total. The number of rotatable bonds is 4. The van der Waals surface area contributed by atoms with Gasteiger partial charge in [0.25, 0.3) is 5.91 Å². The van der Waals surface area contributed by atoms with E-state index in [1.807, 2.05) is 12.1 Å². The van der Waals surface area contributed by atoms with E-state index in [1.165, 1.54) is 11.8 Å². The van der Waals surface area contributed by atoms with Gasteiger partial charge in [0.2, 0.25) is 0 Å². The molecule has 140 valence electrons. The molecule has 0 bridgehead atoms. The van der Waals surface area contributed by atoms with Gasteiger partial charge in [0.1, 0.15) is 5.69 Å². The normalized spacial score (nSPS) is 11.4. The molecule has 0 fully saturated rings. The summed E-state index contributed by atoms with van der Waals surface area (Å²) in [6.45, 7) is 0. The van der Waals surface area contributed by atoms with E-state index < -0.39 is 17.8 Å². The van der Waals surface area contributed by atoms with Crippen molar-refractivity contribution < 1.29 is 18.0 Å². The Morgan fingerprint density at radius 1 is 1.15 bits per heavy atom. The van der Waals surface area contributed by atoms with Gasteiger partial charge in [0.05, 0.1) is 5.69 Å². The maximum absolute atomic E-state index is 12.9. The lowest BCUT2D eigenvalue weighted by Gasteiger charge is -2.10. The summed E-state index contributed by atoms with van der Waals surface area (Å²) in [5.41, 5.74) is -0.825. The molecule has 1 amide bonds. The third kappa shape index (κ3) is 4.64. The number of nitrogens with one attached hydrogen (secondary N) is 1. The second-order valence-corrected chi connectivity index (χ2v) is 7.09. The zero-order chi connectivity index (χ0) is 19.6. The summed E-state index contributed by atoms with van der Waals surface area (Å²) in [5.74, 6) is -0.717. The van der Waals surface area contributed by atoms with Crippen molar-refractivity contribution in [2.75, 3.05) is 5.32 Å². The first-order valence-electron chi connectivity index (χ1n) is 7.69. The van der Waals surface area contributed by atoms with Gasteiger partial charge in [-0.05, 0) is 36.4 Å². The highest BCUT2D eigenvalue weighted by atomic mass is 35.5. The summed E-state index contributed by atoms with van der Waals surface area (Å²) >= 11 is 7.27. The van der Waals surface area contributed by atoms with Crippen molar-refractivity contribution in [3.05, 3.63) is 71.0 Å². The fourth-order valence-corrected chi connectivity index (χ4v) is 3.35. The maximum Gasteiger partial charge on any atom is 0.433 e. The summed E-state index contributed by atoms with van der Waals surface area (Å²) in [6, 6.07) is 14.9. The number of aromatic nitrogens is 2. The van der Waals surface area contributed by atoms with Gasteiger partial charge in [-0.15, -0.1) is 0 Å². The van der Waals surface area contributed by atoms with Crippen LogP contribution in [-0.2, 0) is 13.2 Å². The van der Waals surface area contributed by atoms with E-state index in [-0.39, 0.29) is 5.69 Å². The van der Waals surface area contributed by atoms with Gasteiger partial charge in [-0.2, -0.15) is 18.3 Å². The van der Waals surface area contributed by atoms with Gasteiger partial charge in [0.15, 0.2) is 5.69 Å². The van der Waals surface area contributed by atoms with Crippen LogP contribution in [0.5, 0.6) is 0 Å². The molecule has 1 aromatic heterocycles. The Kier molecular flexibility index (Phi) is 5.48. The lowest BCUT2D eigenvalue weighted by atomic mass is 10.3. The molecule has 0 aliphatic heterocycles. The number of halogens is 4. The number of nitrogens with zero attached hydrogens (tertiary/aromatic N) is 2. The van der Waals surface area contributed by atoms with E-state index in [0.717, 1.165) is 22.9 Å². The molecule has 1 heterocycles. The van der Waals surface area contributed by atoms with E-state index in [1.54, 1.807) is 36.4 Å². The van der Waals surface area contributed by atoms with Crippen molar-refractivity contribution in [2.24, 2.45) is 7.05 Å². The van der Waals surface area contributed by atoms with Crippen molar-refractivity contribution >= 4 is 35.0 Å². The SMILES string of the molecule is Cn1nc(C(=O)Nc2ccccc2Sc2ccc(Cl)cc2)cc1C(F)(F)F. The first kappa shape index (κ1) is 19.3. The molecule has 3 rings (SSSR count). The van der Waals surface area contributed by atoms with Crippen LogP contribution in [0.25, 0.3) is 0 Å². The molecule has 0 spiro atoms. The van der Waals surface area contributed by atoms with Gasteiger partial charge in [-0.3, -0.25) is 9.48 Å². The molecule has 0 unspecified atom stereocenters. The largest absolute Gasteiger partial charge is 0.433 e. The quantitative estimate of drug-likeness (QED) is 0.617. The lowest BCUT2D eigenvalue weighted by molar-refractivity contribution is -0.143. The minimum atomic E-state index is -4.58. The van der Waals surface area contributed by atoms with Gasteiger partial charge in [-0.1, -0.05) is 35.5 Å². The average Bonchev–Trinajstić information content (AvgIpc) is 3.01. The van der Waals surface area contributed by atoms with Crippen LogP contribution in [0, 0.1) is 0 Å². The zero-order valence-electron chi connectivity index (χ0n) is 13.9. The Balaban J connectivity index is 1.82. The molecule has 0 radical (unpaired) electrons. The third-order valence-electron chi connectivity index (χ3n) is 3.58. The van der Waals surface area contributed by atoms with Crippen LogP contribution in [0.1, 0.15) is 16.2 Å². The Morgan fingerprint density at radius 3 is 2.44 bits per heavy atom. The standard InChI is InChI=1S/C18H13ClF3N3OS/c1-25-16(18(20,21)22)10-14(24-25)17(26)23-13-4-2-3-5-15(13)27-12-8-6-11(19)7-9-12/h2-10H,1H3,(H,23,26). The zero-order valence-corrected chi connectivity index (χ0v) is 15.5. The fraction of sp³-hybridized carbons (Fsp3) is 0.111. The Morgan fingerprint density at radius 2 is 1.81 bits per heavy atom. The third-order valence-corrected chi connectivity index (χ3v) is 4.92. The van der Waals surface area contributed by atoms with Gasteiger partial charge in [-0.25, -0.2) is 0 Å². The highest BCUT2D eigenvalue weighted by molar-refractivity contribution is 7.99. The number of hydrogen-bond acceptors (Lipinski definition) is 3. The van der Waals surface area contributed by atoms with E-state index in [9.17, 15) is 18.0 Å². The van der Waals surface area contributed by atoms with Gasteiger partial charge in [0, 0.05) is 27.9 Å². The maximum atomic E-state index is 12.9. The number of aryl methyl sites for hydroxylation is 1. The first-order valence-corrected chi connectivity index (χ1v) is 8.88. The van der Waals surface area contributed by atoms with Crippen molar-refractivity contribution in [3.63, 3.8) is 0 Å². The molecular weight excluding hydrogens is 399 g/mol. The molecule has 0 saturated heterocycles. The second kappa shape index (κ2) is 7.66. The highest BCUT2D eigenvalue weighted by Crippen LogP contribution is 2.34. The van der Waals surface area contributed by atoms with Crippen LogP contribution in [0.2, 0.25) is 5.02 Å². The molecule has 4 nitrogen and oxygen atoms in total. The van der Waals surface area contributed by atoms with E-state index in [2.05, 4.69) is 10.4 Å². The van der Waals surface area contributed by atoms with Crippen LogP contribution in [-0.4, -0.2) is 15.7 Å². The predicted octanol–water partition coefficient (Wildman–Crippen LogP) is 5.50. The van der Waals surface area contributed by atoms with Crippen molar-refractivity contribution in [1.29, 1.82) is 0 Å². The van der Waals surface area contributed by atoms with E-state index in [0.29, 0.717) is 15.4 Å². The van der Waals surface area contributed by atoms with Crippen molar-refractivity contribution in [2.45, 2.75) is 16.0 Å². The molecule has 0 atom stereocenters. The van der Waals surface area contributed by atoms with E-state index >= 15 is 0 Å². The molecule has 9 heteroatoms. The highest BCUT2D eigenvalue weighted by Gasteiger charge is 2.35. The topological polar surface area (TPSA) is 46.9 Å². The number of hydrogen-bond donors (Lipinski definition) is 1. The Hall–Kier alpha value is -2.45. The summed E-state index contributed by atoms with van der Waals surface area (Å²) in [4.78, 5) is 14.0. The summed E-state index contributed by atoms with van der Waals surface area (Å²) in [5, 5.41) is 6.89. The Bertz CT molecular complexity index is 971. The number of carbonyl (C=O) groups is 1. The van der Waals surface area contributed by atoms with Crippen LogP contribution in [0.4, 0.5) is 18.9 Å². The molecule has 0 aliphatic carbocycles. The molecule has 2 aromatic carbocycles. The molecule has 27 heavy (non-hydrogen) atoms. The van der Waals surface area contributed by atoms with Crippen LogP contribution < -0.4 is 5.32 Å². The van der Waals surface area contributed by atoms with E-state index in [4.69, 9.17) is 11.6 Å². The number of carbonyl (C=O) groups excluding carboxylic acids is 1. The number of amides is 1. The summed E-state index contributed by atoms with van der Waals surface area (Å²) in [6.07, 6.45) is -4.58. The van der Waals surface area contributed by atoms with Gasteiger partial charge >= 0.3 is 6.18 Å². The summed E-state index contributed by atoms with van der Waals surface area (Å²) in [7, 11) is 1.14. The summed E-state index contributed by atoms with van der Waals surface area (Å²) < 4.78 is 39.3. The van der Waals surface area contributed by atoms with Crippen molar-refractivity contribution in [1.82, 2.24) is 9.78 Å². The first-order chi connectivity index (χ1) is 12.7. The second-order valence-electron chi connectivity index (χ2n) is 5.54. The number of anilines is 1.